The Morgan fingerprint density at radius 3 is 2.45 bits per heavy atom. The van der Waals surface area contributed by atoms with Gasteiger partial charge in [0.1, 0.15) is 11.2 Å². The van der Waals surface area contributed by atoms with E-state index in [-0.39, 0.29) is 5.41 Å². The molecule has 2 nitrogen and oxygen atoms in total. The van der Waals surface area contributed by atoms with Crippen LogP contribution in [0.4, 0.5) is 0 Å². The third kappa shape index (κ3) is 2.34. The van der Waals surface area contributed by atoms with Crippen LogP contribution in [0.5, 0.6) is 0 Å². The molecule has 0 amide bonds. The monoisotopic (exact) mass is 407 g/mol. The molecule has 2 heterocycles. The Labute approximate surface area is 182 Å². The van der Waals surface area contributed by atoms with Gasteiger partial charge in [-0.1, -0.05) is 56.2 Å². The number of para-hydroxylation sites is 2. The van der Waals surface area contributed by atoms with E-state index in [1.807, 2.05) is 0 Å². The van der Waals surface area contributed by atoms with Gasteiger partial charge in [0.15, 0.2) is 0 Å². The van der Waals surface area contributed by atoms with Gasteiger partial charge in [-0.25, -0.2) is 0 Å². The van der Waals surface area contributed by atoms with Crippen molar-refractivity contribution in [3.05, 3.63) is 60.2 Å². The quantitative estimate of drug-likeness (QED) is 0.289. The minimum Gasteiger partial charge on any atom is -0.456 e. The number of nitrogens with zero attached hydrogens (tertiary/aromatic N) is 1. The fourth-order valence-corrected chi connectivity index (χ4v) is 7.30. The maximum atomic E-state index is 6.71. The number of hydrogen-bond acceptors (Lipinski definition) is 1. The summed E-state index contributed by atoms with van der Waals surface area (Å²) in [6.45, 7) is 2.40. The zero-order chi connectivity index (χ0) is 20.7. The van der Waals surface area contributed by atoms with Crippen molar-refractivity contribution in [2.45, 2.75) is 50.9 Å². The van der Waals surface area contributed by atoms with Gasteiger partial charge in [0.05, 0.1) is 0 Å². The Morgan fingerprint density at radius 2 is 1.65 bits per heavy atom. The SMILES string of the molecule is CCC1(c2cccc3c2oc2cc4c5ccccc5n(C)c4cc23)CC2CCC(C2)C1. The summed E-state index contributed by atoms with van der Waals surface area (Å²) >= 11 is 0. The van der Waals surface area contributed by atoms with Crippen molar-refractivity contribution in [2.24, 2.45) is 18.9 Å². The Bertz CT molecular complexity index is 1470. The van der Waals surface area contributed by atoms with Gasteiger partial charge < -0.3 is 8.98 Å². The van der Waals surface area contributed by atoms with Crippen molar-refractivity contribution in [3.63, 3.8) is 0 Å². The number of rotatable bonds is 2. The van der Waals surface area contributed by atoms with E-state index in [4.69, 9.17) is 4.42 Å². The summed E-state index contributed by atoms with van der Waals surface area (Å²) in [5, 5.41) is 5.12. The predicted molar refractivity (Wildman–Crippen MR) is 130 cm³/mol. The second-order valence-corrected chi connectivity index (χ2v) is 10.3. The molecule has 2 aromatic heterocycles. The highest BCUT2D eigenvalue weighted by Crippen LogP contribution is 2.55. The third-order valence-corrected chi connectivity index (χ3v) is 8.79. The van der Waals surface area contributed by atoms with Crippen molar-refractivity contribution in [1.82, 2.24) is 4.57 Å². The van der Waals surface area contributed by atoms with Gasteiger partial charge in [0, 0.05) is 45.2 Å². The Morgan fingerprint density at radius 1 is 0.871 bits per heavy atom. The molecule has 0 spiro atoms. The predicted octanol–water partition coefficient (Wildman–Crippen LogP) is 8.09. The molecule has 2 atom stereocenters. The number of aryl methyl sites for hydroxylation is 1. The summed E-state index contributed by atoms with van der Waals surface area (Å²) in [5.41, 5.74) is 6.47. The van der Waals surface area contributed by atoms with Gasteiger partial charge in [-0.2, -0.15) is 0 Å². The lowest BCUT2D eigenvalue weighted by Gasteiger charge is -2.40. The molecule has 0 saturated heterocycles. The van der Waals surface area contributed by atoms with Gasteiger partial charge in [0.2, 0.25) is 0 Å². The Hall–Kier alpha value is -2.74. The molecular weight excluding hydrogens is 378 g/mol. The molecule has 0 aliphatic heterocycles. The fourth-order valence-electron chi connectivity index (χ4n) is 7.30. The first-order chi connectivity index (χ1) is 15.2. The molecule has 2 aliphatic rings. The Balaban J connectivity index is 1.51. The van der Waals surface area contributed by atoms with E-state index in [1.165, 1.54) is 76.7 Å². The lowest BCUT2D eigenvalue weighted by molar-refractivity contribution is 0.207. The second kappa shape index (κ2) is 6.16. The second-order valence-electron chi connectivity index (χ2n) is 10.3. The topological polar surface area (TPSA) is 18.1 Å². The van der Waals surface area contributed by atoms with Crippen LogP contribution in [0.15, 0.2) is 59.0 Å². The van der Waals surface area contributed by atoms with Gasteiger partial charge in [-0.05, 0) is 61.1 Å². The average Bonchev–Trinajstić information content (AvgIpc) is 3.44. The van der Waals surface area contributed by atoms with E-state index < -0.39 is 0 Å². The van der Waals surface area contributed by atoms with Crippen molar-refractivity contribution < 1.29 is 4.42 Å². The van der Waals surface area contributed by atoms with E-state index in [0.717, 1.165) is 23.0 Å². The van der Waals surface area contributed by atoms with Crippen LogP contribution in [0.3, 0.4) is 0 Å². The van der Waals surface area contributed by atoms with Crippen LogP contribution in [-0.2, 0) is 12.5 Å². The first-order valence-electron chi connectivity index (χ1n) is 12.0. The molecule has 2 aliphatic carbocycles. The van der Waals surface area contributed by atoms with Crippen LogP contribution in [0.1, 0.15) is 51.0 Å². The molecule has 3 aromatic carbocycles. The van der Waals surface area contributed by atoms with Gasteiger partial charge in [-0.15, -0.1) is 0 Å². The lowest BCUT2D eigenvalue weighted by Crippen LogP contribution is -2.33. The van der Waals surface area contributed by atoms with E-state index in [9.17, 15) is 0 Å². The first-order valence-corrected chi connectivity index (χ1v) is 12.0. The maximum Gasteiger partial charge on any atom is 0.139 e. The first kappa shape index (κ1) is 17.9. The maximum absolute atomic E-state index is 6.71. The largest absolute Gasteiger partial charge is 0.456 e. The van der Waals surface area contributed by atoms with Crippen molar-refractivity contribution in [2.75, 3.05) is 0 Å². The molecular formula is C29H29NO. The average molecular weight is 408 g/mol. The highest BCUT2D eigenvalue weighted by Gasteiger charge is 2.45. The van der Waals surface area contributed by atoms with Crippen molar-refractivity contribution >= 4 is 43.7 Å². The summed E-state index contributed by atoms with van der Waals surface area (Å²) in [6, 6.07) is 20.2. The minimum atomic E-state index is 0.281. The molecule has 7 rings (SSSR count). The summed E-state index contributed by atoms with van der Waals surface area (Å²) in [7, 11) is 2.17. The number of hydrogen-bond donors (Lipinski definition) is 0. The van der Waals surface area contributed by atoms with Crippen LogP contribution in [-0.4, -0.2) is 4.57 Å². The highest BCUT2D eigenvalue weighted by molar-refractivity contribution is 6.16. The molecule has 31 heavy (non-hydrogen) atoms. The smallest absolute Gasteiger partial charge is 0.139 e. The zero-order valence-electron chi connectivity index (χ0n) is 18.4. The van der Waals surface area contributed by atoms with E-state index >= 15 is 0 Å². The van der Waals surface area contributed by atoms with Gasteiger partial charge in [-0.3, -0.25) is 0 Å². The Kier molecular flexibility index (Phi) is 3.55. The molecule has 2 heteroatoms. The molecule has 2 unspecified atom stereocenters. The number of benzene rings is 3. The molecule has 0 N–H and O–H groups in total. The van der Waals surface area contributed by atoms with E-state index in [1.54, 1.807) is 0 Å². The number of furan rings is 1. The third-order valence-electron chi connectivity index (χ3n) is 8.79. The lowest BCUT2D eigenvalue weighted by atomic mass is 9.63. The van der Waals surface area contributed by atoms with Gasteiger partial charge >= 0.3 is 0 Å². The molecule has 2 bridgehead atoms. The van der Waals surface area contributed by atoms with E-state index in [2.05, 4.69) is 73.1 Å². The summed E-state index contributed by atoms with van der Waals surface area (Å²) in [4.78, 5) is 0. The molecule has 0 radical (unpaired) electrons. The summed E-state index contributed by atoms with van der Waals surface area (Å²) in [5.74, 6) is 1.82. The van der Waals surface area contributed by atoms with Crippen molar-refractivity contribution in [1.29, 1.82) is 0 Å². The van der Waals surface area contributed by atoms with Gasteiger partial charge in [0.25, 0.3) is 0 Å². The number of fused-ring (bicyclic) bond motifs is 8. The molecule has 2 fully saturated rings. The molecule has 156 valence electrons. The molecule has 2 saturated carbocycles. The van der Waals surface area contributed by atoms with Crippen molar-refractivity contribution in [3.8, 4) is 0 Å². The van der Waals surface area contributed by atoms with Crippen LogP contribution in [0.25, 0.3) is 43.7 Å². The van der Waals surface area contributed by atoms with Crippen LogP contribution in [0, 0.1) is 11.8 Å². The normalized spacial score (nSPS) is 26.0. The fraction of sp³-hybridized carbons (Fsp3) is 0.379. The standard InChI is InChI=1S/C29H29NO/c1-3-29(16-18-11-12-19(13-18)17-29)24-9-6-8-21-23-14-26-22(15-27(23)31-28(21)24)20-7-4-5-10-25(20)30(26)2/h4-10,14-15,18-19H,3,11-13,16-17H2,1-2H3. The van der Waals surface area contributed by atoms with Crippen LogP contribution < -0.4 is 0 Å². The van der Waals surface area contributed by atoms with Crippen LogP contribution >= 0.6 is 0 Å². The highest BCUT2D eigenvalue weighted by atomic mass is 16.3. The van der Waals surface area contributed by atoms with Crippen LogP contribution in [0.2, 0.25) is 0 Å². The summed E-state index contributed by atoms with van der Waals surface area (Å²) < 4.78 is 9.03. The number of aromatic nitrogens is 1. The zero-order valence-corrected chi connectivity index (χ0v) is 18.4. The molecule has 5 aromatic rings. The minimum absolute atomic E-state index is 0.281. The summed E-state index contributed by atoms with van der Waals surface area (Å²) in [6.07, 6.45) is 8.20. The van der Waals surface area contributed by atoms with E-state index in [0.29, 0.717) is 0 Å².